The minimum atomic E-state index is -0.292. The molecule has 0 atom stereocenters. The summed E-state index contributed by atoms with van der Waals surface area (Å²) in [6, 6.07) is 25.5. The van der Waals surface area contributed by atoms with Gasteiger partial charge in [-0.1, -0.05) is 92.3 Å². The Morgan fingerprint density at radius 2 is 1.53 bits per heavy atom. The highest BCUT2D eigenvalue weighted by Crippen LogP contribution is 2.29. The molecule has 0 aliphatic rings. The van der Waals surface area contributed by atoms with E-state index in [1.165, 1.54) is 17.2 Å². The summed E-state index contributed by atoms with van der Waals surface area (Å²) in [5.74, 6) is 1.56. The van der Waals surface area contributed by atoms with E-state index in [1.807, 2.05) is 28.8 Å². The van der Waals surface area contributed by atoms with Crippen LogP contribution in [0.2, 0.25) is 0 Å². The van der Waals surface area contributed by atoms with Crippen LogP contribution in [-0.2, 0) is 12.3 Å². The number of aromatic nitrogens is 3. The Kier molecular flexibility index (Phi) is 6.29. The van der Waals surface area contributed by atoms with Crippen molar-refractivity contribution in [2.45, 2.75) is 37.2 Å². The molecule has 0 spiro atoms. The maximum atomic E-state index is 14.5. The van der Waals surface area contributed by atoms with Crippen molar-refractivity contribution in [2.75, 3.05) is 0 Å². The van der Waals surface area contributed by atoms with E-state index in [-0.39, 0.29) is 5.82 Å². The van der Waals surface area contributed by atoms with Crippen LogP contribution in [0.15, 0.2) is 84.0 Å². The van der Waals surface area contributed by atoms with Crippen molar-refractivity contribution < 1.29 is 4.39 Å². The first-order valence-electron chi connectivity index (χ1n) is 10.1. The molecular formula is C25H24FN3S. The second-order valence-corrected chi connectivity index (χ2v) is 8.49. The zero-order chi connectivity index (χ0) is 20.9. The van der Waals surface area contributed by atoms with Crippen LogP contribution >= 0.6 is 11.8 Å². The summed E-state index contributed by atoms with van der Waals surface area (Å²) < 4.78 is 16.5. The fourth-order valence-corrected chi connectivity index (χ4v) is 4.19. The molecule has 5 heteroatoms. The van der Waals surface area contributed by atoms with E-state index in [9.17, 15) is 4.39 Å². The Morgan fingerprint density at radius 3 is 2.23 bits per heavy atom. The van der Waals surface area contributed by atoms with Gasteiger partial charge in [-0.05, 0) is 34.7 Å². The predicted octanol–water partition coefficient (Wildman–Crippen LogP) is 6.55. The molecule has 30 heavy (non-hydrogen) atoms. The first-order valence-corrected chi connectivity index (χ1v) is 11.0. The standard InChI is InChI=1S/C25H24FN3S/c1-18(2)21-14-12-20(13-15-21)17-30-25-28-27-24(22-10-6-7-11-23(22)26)29(25)16-19-8-4-3-5-9-19/h3-15,18H,16-17H2,1-2H3. The molecule has 0 radical (unpaired) electrons. The van der Waals surface area contributed by atoms with Gasteiger partial charge in [0.15, 0.2) is 11.0 Å². The SMILES string of the molecule is CC(C)c1ccc(CSc2nnc(-c3ccccc3F)n2Cc2ccccc2)cc1. The van der Waals surface area contributed by atoms with Gasteiger partial charge in [0.2, 0.25) is 0 Å². The molecule has 4 aromatic rings. The lowest BCUT2D eigenvalue weighted by Crippen LogP contribution is -2.05. The first kappa shape index (κ1) is 20.4. The largest absolute Gasteiger partial charge is 0.297 e. The summed E-state index contributed by atoms with van der Waals surface area (Å²) in [5.41, 5.74) is 4.15. The molecular weight excluding hydrogens is 393 g/mol. The van der Waals surface area contributed by atoms with Crippen molar-refractivity contribution in [3.05, 3.63) is 101 Å². The number of benzene rings is 3. The van der Waals surface area contributed by atoms with E-state index >= 15 is 0 Å². The maximum absolute atomic E-state index is 14.5. The highest BCUT2D eigenvalue weighted by Gasteiger charge is 2.17. The van der Waals surface area contributed by atoms with E-state index in [0.717, 1.165) is 16.5 Å². The van der Waals surface area contributed by atoms with Crippen LogP contribution < -0.4 is 0 Å². The van der Waals surface area contributed by atoms with Gasteiger partial charge < -0.3 is 0 Å². The third kappa shape index (κ3) is 4.62. The molecule has 3 aromatic carbocycles. The Bertz CT molecular complexity index is 1100. The number of rotatable bonds is 7. The highest BCUT2D eigenvalue weighted by molar-refractivity contribution is 7.98. The molecule has 3 nitrogen and oxygen atoms in total. The lowest BCUT2D eigenvalue weighted by atomic mass is 10.0. The van der Waals surface area contributed by atoms with E-state index in [4.69, 9.17) is 0 Å². The number of thioether (sulfide) groups is 1. The van der Waals surface area contributed by atoms with Crippen molar-refractivity contribution >= 4 is 11.8 Å². The average Bonchev–Trinajstić information content (AvgIpc) is 3.15. The third-order valence-electron chi connectivity index (χ3n) is 5.03. The molecule has 0 bridgehead atoms. The molecule has 152 valence electrons. The molecule has 1 heterocycles. The quantitative estimate of drug-likeness (QED) is 0.320. The molecule has 4 rings (SSSR count). The fourth-order valence-electron chi connectivity index (χ4n) is 3.29. The van der Waals surface area contributed by atoms with Gasteiger partial charge in [0, 0.05) is 5.75 Å². The molecule has 0 amide bonds. The van der Waals surface area contributed by atoms with Crippen molar-refractivity contribution in [3.63, 3.8) is 0 Å². The summed E-state index contributed by atoms with van der Waals surface area (Å²) in [7, 11) is 0. The van der Waals surface area contributed by atoms with E-state index < -0.39 is 0 Å². The van der Waals surface area contributed by atoms with Crippen LogP contribution in [0.4, 0.5) is 4.39 Å². The van der Waals surface area contributed by atoms with Crippen LogP contribution in [-0.4, -0.2) is 14.8 Å². The molecule has 0 aliphatic carbocycles. The minimum Gasteiger partial charge on any atom is -0.297 e. The summed E-state index contributed by atoms with van der Waals surface area (Å²) in [6.07, 6.45) is 0. The summed E-state index contributed by atoms with van der Waals surface area (Å²) in [6.45, 7) is 4.98. The minimum absolute atomic E-state index is 0.292. The van der Waals surface area contributed by atoms with Gasteiger partial charge in [0.05, 0.1) is 12.1 Å². The Labute approximate surface area is 181 Å². The number of hydrogen-bond acceptors (Lipinski definition) is 3. The Balaban J connectivity index is 1.63. The molecule has 0 fully saturated rings. The molecule has 0 saturated carbocycles. The van der Waals surface area contributed by atoms with Crippen molar-refractivity contribution in [1.29, 1.82) is 0 Å². The molecule has 0 unspecified atom stereocenters. The van der Waals surface area contributed by atoms with E-state index in [0.29, 0.717) is 23.9 Å². The Hall–Kier alpha value is -2.92. The first-order chi connectivity index (χ1) is 14.6. The lowest BCUT2D eigenvalue weighted by molar-refractivity contribution is 0.626. The van der Waals surface area contributed by atoms with Crippen molar-refractivity contribution in [3.8, 4) is 11.4 Å². The van der Waals surface area contributed by atoms with Crippen LogP contribution in [0.1, 0.15) is 36.5 Å². The highest BCUT2D eigenvalue weighted by atomic mass is 32.2. The van der Waals surface area contributed by atoms with Gasteiger partial charge in [0.25, 0.3) is 0 Å². The second-order valence-electron chi connectivity index (χ2n) is 7.54. The van der Waals surface area contributed by atoms with Gasteiger partial charge in [-0.15, -0.1) is 10.2 Å². The fraction of sp³-hybridized carbons (Fsp3) is 0.200. The number of nitrogens with zero attached hydrogens (tertiary/aromatic N) is 3. The summed E-state index contributed by atoms with van der Waals surface area (Å²) in [5, 5.41) is 9.53. The third-order valence-corrected chi connectivity index (χ3v) is 6.07. The predicted molar refractivity (Wildman–Crippen MR) is 121 cm³/mol. The van der Waals surface area contributed by atoms with Crippen molar-refractivity contribution in [2.24, 2.45) is 0 Å². The zero-order valence-corrected chi connectivity index (χ0v) is 17.9. The topological polar surface area (TPSA) is 30.7 Å². The van der Waals surface area contributed by atoms with Crippen LogP contribution in [0.3, 0.4) is 0 Å². The monoisotopic (exact) mass is 417 g/mol. The lowest BCUT2D eigenvalue weighted by Gasteiger charge is -2.11. The second kappa shape index (κ2) is 9.26. The van der Waals surface area contributed by atoms with E-state index in [2.05, 4.69) is 60.4 Å². The molecule has 0 saturated heterocycles. The summed E-state index contributed by atoms with van der Waals surface area (Å²) in [4.78, 5) is 0. The van der Waals surface area contributed by atoms with Crippen molar-refractivity contribution in [1.82, 2.24) is 14.8 Å². The molecule has 0 N–H and O–H groups in total. The van der Waals surface area contributed by atoms with Gasteiger partial charge in [-0.3, -0.25) is 4.57 Å². The van der Waals surface area contributed by atoms with Gasteiger partial charge in [0.1, 0.15) is 5.82 Å². The zero-order valence-electron chi connectivity index (χ0n) is 17.1. The maximum Gasteiger partial charge on any atom is 0.192 e. The van der Waals surface area contributed by atoms with Crippen LogP contribution in [0.25, 0.3) is 11.4 Å². The average molecular weight is 418 g/mol. The molecule has 1 aromatic heterocycles. The van der Waals surface area contributed by atoms with Gasteiger partial charge in [-0.2, -0.15) is 0 Å². The van der Waals surface area contributed by atoms with Crippen LogP contribution in [0.5, 0.6) is 0 Å². The van der Waals surface area contributed by atoms with Gasteiger partial charge in [-0.25, -0.2) is 4.39 Å². The number of hydrogen-bond donors (Lipinski definition) is 0. The number of halogens is 1. The van der Waals surface area contributed by atoms with E-state index in [1.54, 1.807) is 23.9 Å². The van der Waals surface area contributed by atoms with Crippen LogP contribution in [0, 0.1) is 5.82 Å². The Morgan fingerprint density at radius 1 is 0.833 bits per heavy atom. The van der Waals surface area contributed by atoms with Gasteiger partial charge >= 0.3 is 0 Å². The summed E-state index contributed by atoms with van der Waals surface area (Å²) >= 11 is 1.62. The smallest absolute Gasteiger partial charge is 0.192 e. The normalized spacial score (nSPS) is 11.2. The molecule has 0 aliphatic heterocycles.